The fourth-order valence-corrected chi connectivity index (χ4v) is 4.12. The minimum absolute atomic E-state index is 0.0103. The molecule has 2 heterocycles. The second kappa shape index (κ2) is 6.02. The third kappa shape index (κ3) is 3.01. The summed E-state index contributed by atoms with van der Waals surface area (Å²) in [5.74, 6) is 2.64. The van der Waals surface area contributed by atoms with Crippen LogP contribution in [0.4, 0.5) is 5.69 Å². The zero-order chi connectivity index (χ0) is 15.8. The van der Waals surface area contributed by atoms with Crippen LogP contribution in [-0.4, -0.2) is 43.3 Å². The van der Waals surface area contributed by atoms with Crippen LogP contribution in [0.2, 0.25) is 0 Å². The molecule has 124 valence electrons. The lowest BCUT2D eigenvalue weighted by Crippen LogP contribution is -2.38. The Morgan fingerprint density at radius 2 is 2.13 bits per heavy atom. The van der Waals surface area contributed by atoms with Gasteiger partial charge in [-0.2, -0.15) is 0 Å². The van der Waals surface area contributed by atoms with Crippen molar-refractivity contribution in [3.8, 4) is 11.5 Å². The first kappa shape index (κ1) is 14.8. The average Bonchev–Trinajstić information content (AvgIpc) is 3.13. The number of nitrogens with one attached hydrogen (secondary N) is 1. The zero-order valence-corrected chi connectivity index (χ0v) is 13.2. The van der Waals surface area contributed by atoms with Crippen molar-refractivity contribution >= 4 is 11.6 Å². The highest BCUT2D eigenvalue weighted by molar-refractivity contribution is 5.92. The Kier molecular flexibility index (Phi) is 3.87. The number of carbonyl (C=O) groups excluding carboxylic acids is 1. The fourth-order valence-electron chi connectivity index (χ4n) is 4.12. The van der Waals surface area contributed by atoms with E-state index < -0.39 is 0 Å². The maximum atomic E-state index is 12.3. The molecule has 0 bridgehead atoms. The molecule has 1 aliphatic carbocycles. The van der Waals surface area contributed by atoms with E-state index in [1.165, 1.54) is 12.8 Å². The van der Waals surface area contributed by atoms with Crippen LogP contribution in [0.25, 0.3) is 0 Å². The molecule has 1 saturated carbocycles. The zero-order valence-electron chi connectivity index (χ0n) is 13.2. The molecule has 1 amide bonds. The van der Waals surface area contributed by atoms with E-state index in [0.717, 1.165) is 30.9 Å². The molecule has 0 radical (unpaired) electrons. The first-order valence-corrected chi connectivity index (χ1v) is 8.36. The van der Waals surface area contributed by atoms with E-state index in [0.29, 0.717) is 30.2 Å². The topological polar surface area (TPSA) is 76.8 Å². The van der Waals surface area contributed by atoms with E-state index in [4.69, 9.17) is 15.2 Å². The van der Waals surface area contributed by atoms with Crippen molar-refractivity contribution in [3.63, 3.8) is 0 Å². The van der Waals surface area contributed by atoms with E-state index in [-0.39, 0.29) is 12.7 Å². The van der Waals surface area contributed by atoms with Crippen molar-refractivity contribution in [2.24, 2.45) is 17.6 Å². The van der Waals surface area contributed by atoms with Crippen LogP contribution in [0, 0.1) is 11.8 Å². The quantitative estimate of drug-likeness (QED) is 0.881. The van der Waals surface area contributed by atoms with E-state index in [9.17, 15) is 4.79 Å². The molecule has 0 spiro atoms. The standard InChI is InChI=1S/C17H23N3O3/c18-14-3-1-2-11-7-20(8-13(11)14)9-17(21)19-12-4-5-15-16(6-12)23-10-22-15/h4-6,11,13-14H,1-3,7-10,18H2,(H,19,21). The summed E-state index contributed by atoms with van der Waals surface area (Å²) in [6.45, 7) is 2.60. The molecule has 3 unspecified atom stereocenters. The van der Waals surface area contributed by atoms with Crippen LogP contribution in [0.3, 0.4) is 0 Å². The summed E-state index contributed by atoms with van der Waals surface area (Å²) in [6.07, 6.45) is 3.59. The fraction of sp³-hybridized carbons (Fsp3) is 0.588. The monoisotopic (exact) mass is 317 g/mol. The SMILES string of the molecule is NC1CCCC2CN(CC(=O)Nc3ccc4c(c3)OCO4)CC12. The van der Waals surface area contributed by atoms with Gasteiger partial charge in [0.25, 0.3) is 0 Å². The minimum atomic E-state index is 0.0103. The van der Waals surface area contributed by atoms with Gasteiger partial charge in [0.2, 0.25) is 12.7 Å². The van der Waals surface area contributed by atoms with Gasteiger partial charge in [-0.3, -0.25) is 9.69 Å². The number of hydrogen-bond acceptors (Lipinski definition) is 5. The number of benzene rings is 1. The van der Waals surface area contributed by atoms with E-state index >= 15 is 0 Å². The van der Waals surface area contributed by atoms with E-state index in [1.54, 1.807) is 6.07 Å². The van der Waals surface area contributed by atoms with Crippen LogP contribution in [0.1, 0.15) is 19.3 Å². The summed E-state index contributed by atoms with van der Waals surface area (Å²) < 4.78 is 10.6. The van der Waals surface area contributed by atoms with Gasteiger partial charge in [-0.05, 0) is 36.8 Å². The summed E-state index contributed by atoms with van der Waals surface area (Å²) in [4.78, 5) is 14.5. The Morgan fingerprint density at radius 3 is 3.00 bits per heavy atom. The van der Waals surface area contributed by atoms with Gasteiger partial charge in [0.15, 0.2) is 11.5 Å². The number of fused-ring (bicyclic) bond motifs is 2. The lowest BCUT2D eigenvalue weighted by molar-refractivity contribution is -0.117. The van der Waals surface area contributed by atoms with Crippen molar-refractivity contribution in [3.05, 3.63) is 18.2 Å². The Hall–Kier alpha value is -1.79. The van der Waals surface area contributed by atoms with Crippen LogP contribution in [-0.2, 0) is 4.79 Å². The number of rotatable bonds is 3. The van der Waals surface area contributed by atoms with Gasteiger partial charge in [-0.25, -0.2) is 0 Å². The maximum Gasteiger partial charge on any atom is 0.238 e. The van der Waals surface area contributed by atoms with Crippen LogP contribution in [0.5, 0.6) is 11.5 Å². The number of anilines is 1. The molecular weight excluding hydrogens is 294 g/mol. The second-order valence-electron chi connectivity index (χ2n) is 6.83. The van der Waals surface area contributed by atoms with Crippen LogP contribution < -0.4 is 20.5 Å². The molecule has 3 N–H and O–H groups in total. The molecule has 2 fully saturated rings. The van der Waals surface area contributed by atoms with E-state index in [2.05, 4.69) is 10.2 Å². The van der Waals surface area contributed by atoms with Gasteiger partial charge in [0.1, 0.15) is 0 Å². The van der Waals surface area contributed by atoms with Crippen molar-refractivity contribution < 1.29 is 14.3 Å². The molecule has 23 heavy (non-hydrogen) atoms. The predicted molar refractivity (Wildman–Crippen MR) is 86.4 cm³/mol. The first-order chi connectivity index (χ1) is 11.2. The molecule has 6 nitrogen and oxygen atoms in total. The molecule has 6 heteroatoms. The van der Waals surface area contributed by atoms with E-state index in [1.807, 2.05) is 12.1 Å². The number of likely N-dealkylation sites (tertiary alicyclic amines) is 1. The predicted octanol–water partition coefficient (Wildman–Crippen LogP) is 1.41. The number of ether oxygens (including phenoxy) is 2. The van der Waals surface area contributed by atoms with Crippen molar-refractivity contribution in [2.75, 3.05) is 31.7 Å². The van der Waals surface area contributed by atoms with Crippen molar-refractivity contribution in [1.29, 1.82) is 0 Å². The smallest absolute Gasteiger partial charge is 0.238 e. The van der Waals surface area contributed by atoms with Gasteiger partial charge >= 0.3 is 0 Å². The minimum Gasteiger partial charge on any atom is -0.454 e. The molecule has 1 aromatic carbocycles. The van der Waals surface area contributed by atoms with Gasteiger partial charge in [0.05, 0.1) is 6.54 Å². The normalized spacial score (nSPS) is 29.3. The molecule has 1 saturated heterocycles. The molecule has 3 atom stereocenters. The Balaban J connectivity index is 1.34. The summed E-state index contributed by atoms with van der Waals surface area (Å²) in [5.41, 5.74) is 6.98. The van der Waals surface area contributed by atoms with Crippen LogP contribution in [0.15, 0.2) is 18.2 Å². The van der Waals surface area contributed by atoms with Gasteiger partial charge in [0, 0.05) is 30.9 Å². The Morgan fingerprint density at radius 1 is 1.26 bits per heavy atom. The van der Waals surface area contributed by atoms with Crippen molar-refractivity contribution in [1.82, 2.24) is 4.90 Å². The first-order valence-electron chi connectivity index (χ1n) is 8.36. The number of nitrogens with zero attached hydrogens (tertiary/aromatic N) is 1. The van der Waals surface area contributed by atoms with Gasteiger partial charge in [-0.15, -0.1) is 0 Å². The Bertz CT molecular complexity index is 607. The molecule has 1 aromatic rings. The summed E-state index contributed by atoms with van der Waals surface area (Å²) in [5, 5.41) is 2.94. The molecule has 2 aliphatic heterocycles. The second-order valence-corrected chi connectivity index (χ2v) is 6.83. The number of hydrogen-bond donors (Lipinski definition) is 2. The molecule has 3 aliphatic rings. The Labute approximate surface area is 135 Å². The van der Waals surface area contributed by atoms with Crippen LogP contribution >= 0.6 is 0 Å². The highest BCUT2D eigenvalue weighted by Gasteiger charge is 2.38. The van der Waals surface area contributed by atoms with Gasteiger partial charge < -0.3 is 20.5 Å². The lowest BCUT2D eigenvalue weighted by atomic mass is 9.78. The third-order valence-corrected chi connectivity index (χ3v) is 5.25. The molecule has 0 aromatic heterocycles. The average molecular weight is 317 g/mol. The highest BCUT2D eigenvalue weighted by atomic mass is 16.7. The molecule has 4 rings (SSSR count). The number of nitrogens with two attached hydrogens (primary N) is 1. The summed E-state index contributed by atoms with van der Waals surface area (Å²) in [6, 6.07) is 5.77. The van der Waals surface area contributed by atoms with Gasteiger partial charge in [-0.1, -0.05) is 6.42 Å². The largest absolute Gasteiger partial charge is 0.454 e. The summed E-state index contributed by atoms with van der Waals surface area (Å²) >= 11 is 0. The van der Waals surface area contributed by atoms with Crippen molar-refractivity contribution in [2.45, 2.75) is 25.3 Å². The third-order valence-electron chi connectivity index (χ3n) is 5.25. The molecular formula is C17H23N3O3. The highest BCUT2D eigenvalue weighted by Crippen LogP contribution is 2.36. The number of carbonyl (C=O) groups is 1. The number of amides is 1. The summed E-state index contributed by atoms with van der Waals surface area (Å²) in [7, 11) is 0. The maximum absolute atomic E-state index is 12.3. The lowest BCUT2D eigenvalue weighted by Gasteiger charge is -2.29.